The predicted molar refractivity (Wildman–Crippen MR) is 75.1 cm³/mol. The number of carbonyl (C=O) groups excluding carboxylic acids is 1. The van der Waals surface area contributed by atoms with Crippen LogP contribution in [0.3, 0.4) is 0 Å². The first-order valence-electron chi connectivity index (χ1n) is 7.46. The first-order chi connectivity index (χ1) is 9.24. The van der Waals surface area contributed by atoms with Crippen molar-refractivity contribution in [2.45, 2.75) is 37.8 Å². The monoisotopic (exact) mass is 269 g/mol. The second-order valence-electron chi connectivity index (χ2n) is 5.64. The molecule has 5 heteroatoms. The van der Waals surface area contributed by atoms with Crippen LogP contribution in [-0.4, -0.2) is 74.7 Å². The topological polar surface area (TPSA) is 44.8 Å². The highest BCUT2D eigenvalue weighted by atomic mass is 16.5. The highest BCUT2D eigenvalue weighted by Gasteiger charge is 2.29. The molecule has 0 amide bonds. The quantitative estimate of drug-likeness (QED) is 0.728. The van der Waals surface area contributed by atoms with Crippen molar-refractivity contribution < 1.29 is 9.53 Å². The number of piperidine rings is 1. The molecule has 2 rings (SSSR count). The minimum Gasteiger partial charge on any atom is -0.468 e. The molecule has 0 aliphatic carbocycles. The molecule has 5 nitrogen and oxygen atoms in total. The Bertz CT molecular complexity index is 298. The van der Waals surface area contributed by atoms with Crippen LogP contribution in [0.1, 0.15) is 25.7 Å². The molecule has 2 unspecified atom stereocenters. The zero-order valence-corrected chi connectivity index (χ0v) is 12.2. The highest BCUT2D eigenvalue weighted by molar-refractivity contribution is 5.75. The molecule has 0 aromatic heterocycles. The lowest BCUT2D eigenvalue weighted by molar-refractivity contribution is -0.143. The molecule has 1 N–H and O–H groups in total. The van der Waals surface area contributed by atoms with Gasteiger partial charge in [-0.15, -0.1) is 0 Å². The molecule has 19 heavy (non-hydrogen) atoms. The Balaban J connectivity index is 1.75. The largest absolute Gasteiger partial charge is 0.468 e. The van der Waals surface area contributed by atoms with Crippen molar-refractivity contribution >= 4 is 5.97 Å². The summed E-state index contributed by atoms with van der Waals surface area (Å²) in [4.78, 5) is 16.7. The number of fused-ring (bicyclic) bond motifs is 1. The summed E-state index contributed by atoms with van der Waals surface area (Å²) in [5.74, 6) is -0.154. The second-order valence-corrected chi connectivity index (χ2v) is 5.64. The average Bonchev–Trinajstić information content (AvgIpc) is 2.47. The molecule has 2 aliphatic heterocycles. The average molecular weight is 269 g/mol. The van der Waals surface area contributed by atoms with E-state index in [1.54, 1.807) is 0 Å². The van der Waals surface area contributed by atoms with Crippen molar-refractivity contribution in [1.82, 2.24) is 15.1 Å². The van der Waals surface area contributed by atoms with Gasteiger partial charge in [0, 0.05) is 32.2 Å². The van der Waals surface area contributed by atoms with Gasteiger partial charge >= 0.3 is 5.97 Å². The van der Waals surface area contributed by atoms with Crippen LogP contribution in [0.2, 0.25) is 0 Å². The minimum atomic E-state index is -0.172. The molecular weight excluding hydrogens is 242 g/mol. The summed E-state index contributed by atoms with van der Waals surface area (Å²) >= 11 is 0. The molecule has 2 heterocycles. The maximum absolute atomic E-state index is 11.5. The van der Waals surface area contributed by atoms with Crippen molar-refractivity contribution in [3.8, 4) is 0 Å². The van der Waals surface area contributed by atoms with E-state index in [9.17, 15) is 4.79 Å². The van der Waals surface area contributed by atoms with E-state index in [1.807, 2.05) is 7.05 Å². The van der Waals surface area contributed by atoms with Gasteiger partial charge in [0.25, 0.3) is 0 Å². The minimum absolute atomic E-state index is 0.154. The van der Waals surface area contributed by atoms with E-state index in [-0.39, 0.29) is 12.0 Å². The number of esters is 1. The van der Waals surface area contributed by atoms with E-state index in [2.05, 4.69) is 15.1 Å². The Labute approximate surface area is 116 Å². The van der Waals surface area contributed by atoms with Crippen LogP contribution in [-0.2, 0) is 9.53 Å². The number of hydrogen-bond acceptors (Lipinski definition) is 5. The Kier molecular flexibility index (Phi) is 5.60. The van der Waals surface area contributed by atoms with Crippen LogP contribution in [0.5, 0.6) is 0 Å². The SMILES string of the molecule is CNC(CCN1CCN2CCCCC2C1)C(=O)OC. The maximum Gasteiger partial charge on any atom is 0.322 e. The lowest BCUT2D eigenvalue weighted by Crippen LogP contribution is -2.55. The van der Waals surface area contributed by atoms with Gasteiger partial charge in [0.15, 0.2) is 0 Å². The highest BCUT2D eigenvalue weighted by Crippen LogP contribution is 2.21. The van der Waals surface area contributed by atoms with E-state index in [4.69, 9.17) is 4.74 Å². The molecular formula is C14H27N3O2. The summed E-state index contributed by atoms with van der Waals surface area (Å²) in [6.45, 7) is 5.74. The van der Waals surface area contributed by atoms with E-state index >= 15 is 0 Å². The van der Waals surface area contributed by atoms with Crippen LogP contribution in [0.15, 0.2) is 0 Å². The molecule has 0 saturated carbocycles. The summed E-state index contributed by atoms with van der Waals surface area (Å²) in [5, 5.41) is 3.04. The van der Waals surface area contributed by atoms with Crippen molar-refractivity contribution in [3.05, 3.63) is 0 Å². The second kappa shape index (κ2) is 7.22. The summed E-state index contributed by atoms with van der Waals surface area (Å²) in [5.41, 5.74) is 0. The molecule has 2 aliphatic rings. The molecule has 0 aromatic carbocycles. The number of likely N-dealkylation sites (N-methyl/N-ethyl adjacent to an activating group) is 1. The number of carbonyl (C=O) groups is 1. The van der Waals surface area contributed by atoms with Gasteiger partial charge in [-0.05, 0) is 32.9 Å². The van der Waals surface area contributed by atoms with Crippen LogP contribution in [0.25, 0.3) is 0 Å². The smallest absolute Gasteiger partial charge is 0.322 e. The standard InChI is InChI=1S/C14H27N3O2/c1-15-13(14(18)19-2)6-8-16-9-10-17-7-4-3-5-12(17)11-16/h12-13,15H,3-11H2,1-2H3. The van der Waals surface area contributed by atoms with Gasteiger partial charge in [-0.2, -0.15) is 0 Å². The summed E-state index contributed by atoms with van der Waals surface area (Å²) in [7, 11) is 3.27. The number of nitrogens with one attached hydrogen (secondary N) is 1. The third kappa shape index (κ3) is 3.91. The fourth-order valence-corrected chi connectivity index (χ4v) is 3.26. The fraction of sp³-hybridized carbons (Fsp3) is 0.929. The number of methoxy groups -OCH3 is 1. The van der Waals surface area contributed by atoms with Gasteiger partial charge in [-0.1, -0.05) is 6.42 Å². The lowest BCUT2D eigenvalue weighted by Gasteiger charge is -2.44. The van der Waals surface area contributed by atoms with Gasteiger partial charge in [0.2, 0.25) is 0 Å². The number of hydrogen-bond donors (Lipinski definition) is 1. The van der Waals surface area contributed by atoms with Gasteiger partial charge in [0.05, 0.1) is 7.11 Å². The maximum atomic E-state index is 11.5. The molecule has 110 valence electrons. The van der Waals surface area contributed by atoms with Crippen LogP contribution < -0.4 is 5.32 Å². The molecule has 0 radical (unpaired) electrons. The van der Waals surface area contributed by atoms with Crippen molar-refractivity contribution in [3.63, 3.8) is 0 Å². The van der Waals surface area contributed by atoms with E-state index in [1.165, 1.54) is 39.5 Å². The van der Waals surface area contributed by atoms with E-state index in [0.717, 1.165) is 32.1 Å². The zero-order valence-electron chi connectivity index (χ0n) is 12.2. The Morgan fingerprint density at radius 2 is 2.21 bits per heavy atom. The van der Waals surface area contributed by atoms with Crippen molar-refractivity contribution in [1.29, 1.82) is 0 Å². The summed E-state index contributed by atoms with van der Waals surface area (Å²) < 4.78 is 4.80. The number of rotatable bonds is 5. The fourth-order valence-electron chi connectivity index (χ4n) is 3.26. The number of piperazine rings is 1. The van der Waals surface area contributed by atoms with Gasteiger partial charge in [-0.3, -0.25) is 9.69 Å². The predicted octanol–water partition coefficient (Wildman–Crippen LogP) is 0.308. The van der Waals surface area contributed by atoms with Crippen LogP contribution in [0, 0.1) is 0 Å². The normalized spacial score (nSPS) is 26.7. The molecule has 2 fully saturated rings. The Morgan fingerprint density at radius 1 is 1.37 bits per heavy atom. The van der Waals surface area contributed by atoms with Crippen LogP contribution >= 0.6 is 0 Å². The first-order valence-corrected chi connectivity index (χ1v) is 7.46. The molecule has 0 spiro atoms. The Hall–Kier alpha value is -0.650. The van der Waals surface area contributed by atoms with E-state index in [0.29, 0.717) is 0 Å². The van der Waals surface area contributed by atoms with Gasteiger partial charge in [-0.25, -0.2) is 0 Å². The van der Waals surface area contributed by atoms with Gasteiger partial charge in [0.1, 0.15) is 6.04 Å². The van der Waals surface area contributed by atoms with Gasteiger partial charge < -0.3 is 15.0 Å². The zero-order chi connectivity index (χ0) is 13.7. The van der Waals surface area contributed by atoms with Crippen LogP contribution in [0.4, 0.5) is 0 Å². The summed E-state index contributed by atoms with van der Waals surface area (Å²) in [6.07, 6.45) is 4.90. The lowest BCUT2D eigenvalue weighted by atomic mass is 9.99. The van der Waals surface area contributed by atoms with Crippen molar-refractivity contribution in [2.24, 2.45) is 0 Å². The first kappa shape index (κ1) is 14.8. The number of nitrogens with zero attached hydrogens (tertiary/aromatic N) is 2. The molecule has 2 saturated heterocycles. The summed E-state index contributed by atoms with van der Waals surface area (Å²) in [6, 6.07) is 0.572. The number of ether oxygens (including phenoxy) is 1. The Morgan fingerprint density at radius 3 is 2.95 bits per heavy atom. The third-order valence-electron chi connectivity index (χ3n) is 4.49. The third-order valence-corrected chi connectivity index (χ3v) is 4.49. The molecule has 0 bridgehead atoms. The van der Waals surface area contributed by atoms with E-state index < -0.39 is 0 Å². The van der Waals surface area contributed by atoms with Crippen molar-refractivity contribution in [2.75, 3.05) is 46.9 Å². The molecule has 2 atom stereocenters. The molecule has 0 aromatic rings.